The number of alkyl halides is 3. The van der Waals surface area contributed by atoms with Crippen LogP contribution in [0.3, 0.4) is 0 Å². The van der Waals surface area contributed by atoms with Crippen molar-refractivity contribution in [2.75, 3.05) is 0 Å². The molecule has 0 nitrogen and oxygen atoms in total. The molecule has 6 heteroatoms. The summed E-state index contributed by atoms with van der Waals surface area (Å²) in [5, 5.41) is -1.88. The summed E-state index contributed by atoms with van der Waals surface area (Å²) in [5.74, 6) is -2.70. The van der Waals surface area contributed by atoms with Gasteiger partial charge < -0.3 is 0 Å². The molecule has 0 aliphatic carbocycles. The Morgan fingerprint density at radius 1 is 1.00 bits per heavy atom. The van der Waals surface area contributed by atoms with Crippen LogP contribution in [0.2, 0.25) is 0 Å². The standard InChI is InChI=1S/C9H5F5S/c10-7(9(12,13)14)8(11)15-6-4-2-1-3-5-6/h1-5H/b8-7-. The minimum absolute atomic E-state index is 0.0965. The number of thioether (sulfide) groups is 1. The van der Waals surface area contributed by atoms with Crippen LogP contribution in [0.15, 0.2) is 46.2 Å². The van der Waals surface area contributed by atoms with Crippen molar-refractivity contribution in [3.05, 3.63) is 41.3 Å². The molecule has 0 unspecified atom stereocenters. The van der Waals surface area contributed by atoms with Crippen molar-refractivity contribution < 1.29 is 22.0 Å². The number of hydrogen-bond acceptors (Lipinski definition) is 1. The van der Waals surface area contributed by atoms with E-state index in [0.717, 1.165) is 0 Å². The van der Waals surface area contributed by atoms with Crippen molar-refractivity contribution in [3.8, 4) is 0 Å². The number of benzene rings is 1. The van der Waals surface area contributed by atoms with E-state index >= 15 is 0 Å². The molecule has 1 aromatic rings. The summed E-state index contributed by atoms with van der Waals surface area (Å²) in [6.07, 6.45) is -5.27. The van der Waals surface area contributed by atoms with Crippen LogP contribution in [0.4, 0.5) is 22.0 Å². The molecule has 0 fully saturated rings. The molecule has 0 saturated carbocycles. The predicted molar refractivity (Wildman–Crippen MR) is 47.6 cm³/mol. The van der Waals surface area contributed by atoms with Crippen molar-refractivity contribution >= 4 is 11.8 Å². The summed E-state index contributed by atoms with van der Waals surface area (Å²) in [5.41, 5.74) is 0. The van der Waals surface area contributed by atoms with E-state index in [0.29, 0.717) is 0 Å². The van der Waals surface area contributed by atoms with Crippen molar-refractivity contribution in [1.82, 2.24) is 0 Å². The highest BCUT2D eigenvalue weighted by Crippen LogP contribution is 2.37. The Hall–Kier alpha value is -1.04. The molecule has 0 heterocycles. The van der Waals surface area contributed by atoms with E-state index in [1.54, 1.807) is 6.07 Å². The Kier molecular flexibility index (Phi) is 3.73. The van der Waals surface area contributed by atoms with Crippen LogP contribution in [0, 0.1) is 0 Å². The smallest absolute Gasteiger partial charge is 0.198 e. The van der Waals surface area contributed by atoms with Gasteiger partial charge in [-0.25, -0.2) is 0 Å². The van der Waals surface area contributed by atoms with E-state index < -0.39 is 17.2 Å². The first-order valence-electron chi connectivity index (χ1n) is 3.76. The van der Waals surface area contributed by atoms with Gasteiger partial charge in [-0.1, -0.05) is 30.0 Å². The summed E-state index contributed by atoms with van der Waals surface area (Å²) >= 11 is 0.0965. The highest BCUT2D eigenvalue weighted by Gasteiger charge is 2.38. The zero-order chi connectivity index (χ0) is 11.5. The fourth-order valence-electron chi connectivity index (χ4n) is 0.748. The van der Waals surface area contributed by atoms with Gasteiger partial charge in [-0.3, -0.25) is 0 Å². The Morgan fingerprint density at radius 2 is 1.53 bits per heavy atom. The highest BCUT2D eigenvalue weighted by atomic mass is 32.2. The molecule has 82 valence electrons. The molecule has 0 aliphatic rings. The quantitative estimate of drug-likeness (QED) is 0.543. The van der Waals surface area contributed by atoms with E-state index in [-0.39, 0.29) is 16.7 Å². The largest absolute Gasteiger partial charge is 0.446 e. The Morgan fingerprint density at radius 3 is 2.00 bits per heavy atom. The molecule has 0 atom stereocenters. The first-order chi connectivity index (χ1) is 6.91. The minimum atomic E-state index is -5.27. The molecule has 1 aromatic carbocycles. The second-order valence-corrected chi connectivity index (χ2v) is 3.53. The zero-order valence-electron chi connectivity index (χ0n) is 7.18. The van der Waals surface area contributed by atoms with Crippen LogP contribution in [-0.2, 0) is 0 Å². The SMILES string of the molecule is F/C(Sc1ccccc1)=C(/F)C(F)(F)F. The lowest BCUT2D eigenvalue weighted by Crippen LogP contribution is -2.08. The number of hydrogen-bond donors (Lipinski definition) is 0. The normalized spacial score (nSPS) is 13.7. The first kappa shape index (κ1) is 12.0. The zero-order valence-corrected chi connectivity index (χ0v) is 8.00. The van der Waals surface area contributed by atoms with Crippen LogP contribution in [0.1, 0.15) is 0 Å². The molecule has 0 N–H and O–H groups in total. The summed E-state index contributed by atoms with van der Waals surface area (Å²) in [6.45, 7) is 0. The second-order valence-electron chi connectivity index (χ2n) is 2.50. The van der Waals surface area contributed by atoms with Gasteiger partial charge in [-0.2, -0.15) is 22.0 Å². The van der Waals surface area contributed by atoms with Crippen LogP contribution in [-0.4, -0.2) is 6.18 Å². The van der Waals surface area contributed by atoms with Crippen LogP contribution < -0.4 is 0 Å². The average molecular weight is 240 g/mol. The second kappa shape index (κ2) is 4.65. The molecule has 0 radical (unpaired) electrons. The van der Waals surface area contributed by atoms with E-state index in [1.807, 2.05) is 0 Å². The van der Waals surface area contributed by atoms with Gasteiger partial charge >= 0.3 is 6.18 Å². The van der Waals surface area contributed by atoms with Crippen molar-refractivity contribution in [2.24, 2.45) is 0 Å². The summed E-state index contributed by atoms with van der Waals surface area (Å²) in [6, 6.07) is 7.41. The van der Waals surface area contributed by atoms with E-state index in [4.69, 9.17) is 0 Å². The van der Waals surface area contributed by atoms with Gasteiger partial charge in [0.15, 0.2) is 0 Å². The molecule has 15 heavy (non-hydrogen) atoms. The number of allylic oxidation sites excluding steroid dienone is 1. The first-order valence-corrected chi connectivity index (χ1v) is 4.58. The molecular weight excluding hydrogens is 235 g/mol. The number of rotatable bonds is 2. The molecule has 1 rings (SSSR count). The van der Waals surface area contributed by atoms with Gasteiger partial charge in [0.25, 0.3) is 0 Å². The fourth-order valence-corrected chi connectivity index (χ4v) is 1.45. The maximum absolute atomic E-state index is 12.7. The molecule has 0 aliphatic heterocycles. The third-order valence-corrected chi connectivity index (χ3v) is 2.24. The third kappa shape index (κ3) is 3.54. The maximum atomic E-state index is 12.7. The fraction of sp³-hybridized carbons (Fsp3) is 0.111. The topological polar surface area (TPSA) is 0 Å². The van der Waals surface area contributed by atoms with E-state index in [1.165, 1.54) is 24.3 Å². The van der Waals surface area contributed by atoms with Crippen molar-refractivity contribution in [3.63, 3.8) is 0 Å². The van der Waals surface area contributed by atoms with Gasteiger partial charge in [0.05, 0.1) is 0 Å². The van der Waals surface area contributed by atoms with E-state index in [2.05, 4.69) is 0 Å². The Labute approximate surface area is 86.8 Å². The third-order valence-electron chi connectivity index (χ3n) is 1.37. The summed E-state index contributed by atoms with van der Waals surface area (Å²) < 4.78 is 60.2. The maximum Gasteiger partial charge on any atom is 0.446 e. The molecule has 0 amide bonds. The van der Waals surface area contributed by atoms with Crippen LogP contribution in [0.5, 0.6) is 0 Å². The molecule has 0 saturated heterocycles. The van der Waals surface area contributed by atoms with Gasteiger partial charge in [-0.15, -0.1) is 0 Å². The van der Waals surface area contributed by atoms with Gasteiger partial charge in [-0.05, 0) is 12.1 Å². The van der Waals surface area contributed by atoms with Crippen molar-refractivity contribution in [1.29, 1.82) is 0 Å². The Bertz CT molecular complexity index is 355. The lowest BCUT2D eigenvalue weighted by molar-refractivity contribution is -0.110. The van der Waals surface area contributed by atoms with Gasteiger partial charge in [0.2, 0.25) is 11.0 Å². The van der Waals surface area contributed by atoms with Gasteiger partial charge in [0.1, 0.15) is 0 Å². The Balaban J connectivity index is 2.84. The van der Waals surface area contributed by atoms with Crippen LogP contribution in [0.25, 0.3) is 0 Å². The summed E-state index contributed by atoms with van der Waals surface area (Å²) in [4.78, 5) is 0.203. The molecule has 0 bridgehead atoms. The molecule has 0 spiro atoms. The molecule has 0 aromatic heterocycles. The van der Waals surface area contributed by atoms with Gasteiger partial charge in [0, 0.05) is 4.90 Å². The minimum Gasteiger partial charge on any atom is -0.198 e. The summed E-state index contributed by atoms with van der Waals surface area (Å²) in [7, 11) is 0. The predicted octanol–water partition coefficient (Wildman–Crippen LogP) is 4.45. The molecular formula is C9H5F5S. The van der Waals surface area contributed by atoms with Crippen LogP contribution >= 0.6 is 11.8 Å². The lowest BCUT2D eigenvalue weighted by atomic mass is 10.4. The highest BCUT2D eigenvalue weighted by molar-refractivity contribution is 8.02. The lowest BCUT2D eigenvalue weighted by Gasteiger charge is -2.04. The number of halogens is 5. The van der Waals surface area contributed by atoms with Crippen molar-refractivity contribution in [2.45, 2.75) is 11.1 Å². The monoisotopic (exact) mass is 240 g/mol. The average Bonchev–Trinajstić information content (AvgIpc) is 2.16. The van der Waals surface area contributed by atoms with E-state index in [9.17, 15) is 22.0 Å².